The maximum atomic E-state index is 17.0. The number of amides is 1. The average molecular weight is 818 g/mol. The Morgan fingerprint density at radius 1 is 1.02 bits per heavy atom. The summed E-state index contributed by atoms with van der Waals surface area (Å²) in [7, 11) is 3.25. The van der Waals surface area contributed by atoms with Crippen LogP contribution in [0.15, 0.2) is 85.1 Å². The van der Waals surface area contributed by atoms with Gasteiger partial charge in [0.05, 0.1) is 44.7 Å². The molecule has 2 aromatic heterocycles. The van der Waals surface area contributed by atoms with E-state index in [0.29, 0.717) is 52.4 Å². The van der Waals surface area contributed by atoms with Crippen molar-refractivity contribution in [2.75, 3.05) is 50.7 Å². The fraction of sp³-hybridized carbons (Fsp3) is 0.311. The SMILES string of the molecule is COc1ccc(CNc2cccc(CCOc3nc(N4CCN(C(=O)OC(C)(C)C)[C@@H](CC#N)C4)c4cnc(-c5cccc6cccc(Cl)c56)c(F)c4n3)c2)c(OC)c1. The zero-order valence-corrected chi connectivity index (χ0v) is 34.3. The maximum absolute atomic E-state index is 17.0. The van der Waals surface area contributed by atoms with Crippen LogP contribution in [0.5, 0.6) is 17.5 Å². The van der Waals surface area contributed by atoms with Crippen LogP contribution in [0, 0.1) is 17.1 Å². The molecule has 0 radical (unpaired) electrons. The predicted octanol–water partition coefficient (Wildman–Crippen LogP) is 9.23. The maximum Gasteiger partial charge on any atom is 0.410 e. The molecule has 304 valence electrons. The van der Waals surface area contributed by atoms with E-state index in [1.54, 1.807) is 58.2 Å². The van der Waals surface area contributed by atoms with Crippen LogP contribution >= 0.6 is 11.6 Å². The first kappa shape index (κ1) is 40.8. The van der Waals surface area contributed by atoms with E-state index in [9.17, 15) is 10.1 Å². The van der Waals surface area contributed by atoms with Gasteiger partial charge in [0, 0.05) is 72.1 Å². The van der Waals surface area contributed by atoms with Gasteiger partial charge in [0.2, 0.25) is 0 Å². The molecule has 0 unspecified atom stereocenters. The minimum atomic E-state index is -0.709. The molecule has 0 bridgehead atoms. The molecular formula is C45H45ClFN7O5. The number of halogens is 2. The summed E-state index contributed by atoms with van der Waals surface area (Å²) in [6.07, 6.45) is 1.62. The monoisotopic (exact) mass is 817 g/mol. The number of ether oxygens (including phenoxy) is 4. The summed E-state index contributed by atoms with van der Waals surface area (Å²) in [6.45, 7) is 6.95. The van der Waals surface area contributed by atoms with Crippen molar-refractivity contribution in [1.29, 1.82) is 5.26 Å². The average Bonchev–Trinajstić information content (AvgIpc) is 3.22. The predicted molar refractivity (Wildman–Crippen MR) is 227 cm³/mol. The smallest absolute Gasteiger partial charge is 0.410 e. The summed E-state index contributed by atoms with van der Waals surface area (Å²) in [6, 6.07) is 26.4. The van der Waals surface area contributed by atoms with Gasteiger partial charge in [-0.05, 0) is 62.1 Å². The van der Waals surface area contributed by atoms with Crippen molar-refractivity contribution >= 4 is 50.9 Å². The normalized spacial score (nSPS) is 14.2. The molecular weight excluding hydrogens is 773 g/mol. The summed E-state index contributed by atoms with van der Waals surface area (Å²) in [4.78, 5) is 30.7. The molecule has 1 aliphatic heterocycles. The number of methoxy groups -OCH3 is 2. The fourth-order valence-electron chi connectivity index (χ4n) is 7.19. The molecule has 0 saturated carbocycles. The number of carbonyl (C=O) groups excluding carboxylic acids is 1. The Morgan fingerprint density at radius 3 is 2.58 bits per heavy atom. The number of nitrogens with one attached hydrogen (secondary N) is 1. The van der Waals surface area contributed by atoms with Gasteiger partial charge in [0.25, 0.3) is 0 Å². The number of anilines is 2. The van der Waals surface area contributed by atoms with Crippen LogP contribution in [0.25, 0.3) is 32.9 Å². The number of pyridine rings is 1. The Morgan fingerprint density at radius 2 is 1.81 bits per heavy atom. The van der Waals surface area contributed by atoms with Crippen LogP contribution in [0.2, 0.25) is 5.02 Å². The van der Waals surface area contributed by atoms with Crippen molar-refractivity contribution in [2.45, 2.75) is 51.8 Å². The lowest BCUT2D eigenvalue weighted by Gasteiger charge is -2.41. The topological polar surface area (TPSA) is 135 Å². The van der Waals surface area contributed by atoms with Crippen molar-refractivity contribution in [1.82, 2.24) is 19.9 Å². The lowest BCUT2D eigenvalue weighted by atomic mass is 10.0. The van der Waals surface area contributed by atoms with Crippen molar-refractivity contribution in [3.8, 4) is 34.8 Å². The Bertz CT molecular complexity index is 2540. The third-order valence-corrected chi connectivity index (χ3v) is 10.3. The second-order valence-corrected chi connectivity index (χ2v) is 15.5. The Kier molecular flexibility index (Phi) is 12.2. The fourth-order valence-corrected chi connectivity index (χ4v) is 7.47. The van der Waals surface area contributed by atoms with Gasteiger partial charge in [-0.3, -0.25) is 4.98 Å². The number of nitriles is 1. The summed E-state index contributed by atoms with van der Waals surface area (Å²) in [5.41, 5.74) is 2.81. The van der Waals surface area contributed by atoms with E-state index >= 15 is 4.39 Å². The molecule has 0 aliphatic carbocycles. The summed E-state index contributed by atoms with van der Waals surface area (Å²) >= 11 is 6.65. The third kappa shape index (κ3) is 9.18. The van der Waals surface area contributed by atoms with E-state index in [2.05, 4.69) is 21.4 Å². The molecule has 1 fully saturated rings. The van der Waals surface area contributed by atoms with Gasteiger partial charge in [0.1, 0.15) is 34.1 Å². The lowest BCUT2D eigenvalue weighted by molar-refractivity contribution is 0.0145. The molecule has 6 aromatic rings. The van der Waals surface area contributed by atoms with Crippen molar-refractivity contribution < 1.29 is 28.1 Å². The second kappa shape index (κ2) is 17.6. The number of piperazine rings is 1. The van der Waals surface area contributed by atoms with Crippen molar-refractivity contribution in [2.24, 2.45) is 0 Å². The molecule has 59 heavy (non-hydrogen) atoms. The van der Waals surface area contributed by atoms with E-state index in [1.807, 2.05) is 71.6 Å². The first-order valence-corrected chi connectivity index (χ1v) is 19.7. The summed E-state index contributed by atoms with van der Waals surface area (Å²) in [5.74, 6) is 1.16. The van der Waals surface area contributed by atoms with Crippen molar-refractivity contribution in [3.63, 3.8) is 0 Å². The molecule has 1 N–H and O–H groups in total. The zero-order chi connectivity index (χ0) is 41.7. The highest BCUT2D eigenvalue weighted by atomic mass is 35.5. The highest BCUT2D eigenvalue weighted by Crippen LogP contribution is 2.38. The van der Waals surface area contributed by atoms with Gasteiger partial charge >= 0.3 is 12.1 Å². The number of rotatable bonds is 12. The molecule has 1 amide bonds. The van der Waals surface area contributed by atoms with Crippen LogP contribution in [-0.4, -0.2) is 78.0 Å². The van der Waals surface area contributed by atoms with Gasteiger partial charge in [-0.1, -0.05) is 54.1 Å². The minimum Gasteiger partial charge on any atom is -0.497 e. The van der Waals surface area contributed by atoms with E-state index in [0.717, 1.165) is 28.0 Å². The van der Waals surface area contributed by atoms with Gasteiger partial charge in [0.15, 0.2) is 5.82 Å². The van der Waals surface area contributed by atoms with Crippen LogP contribution in [0.4, 0.5) is 20.7 Å². The van der Waals surface area contributed by atoms with Gasteiger partial charge in [-0.2, -0.15) is 15.2 Å². The summed E-state index contributed by atoms with van der Waals surface area (Å²) in [5, 5.41) is 15.6. The van der Waals surface area contributed by atoms with Gasteiger partial charge in [-0.25, -0.2) is 9.18 Å². The highest BCUT2D eigenvalue weighted by Gasteiger charge is 2.35. The first-order chi connectivity index (χ1) is 28.5. The number of aromatic nitrogens is 3. The molecule has 7 rings (SSSR count). The van der Waals surface area contributed by atoms with Crippen LogP contribution in [0.1, 0.15) is 38.3 Å². The third-order valence-electron chi connectivity index (χ3n) is 10.0. The quantitative estimate of drug-likeness (QED) is 0.127. The van der Waals surface area contributed by atoms with Crippen LogP contribution in [0.3, 0.4) is 0 Å². The van der Waals surface area contributed by atoms with Crippen LogP contribution in [-0.2, 0) is 17.7 Å². The number of hydrogen-bond acceptors (Lipinski definition) is 11. The Balaban J connectivity index is 1.18. The van der Waals surface area contributed by atoms with E-state index in [1.165, 1.54) is 0 Å². The molecule has 4 aromatic carbocycles. The van der Waals surface area contributed by atoms with Gasteiger partial charge in [-0.15, -0.1) is 0 Å². The van der Waals surface area contributed by atoms with E-state index < -0.39 is 23.6 Å². The second-order valence-electron chi connectivity index (χ2n) is 15.1. The van der Waals surface area contributed by atoms with E-state index in [4.69, 9.17) is 35.5 Å². The molecule has 3 heterocycles. The zero-order valence-electron chi connectivity index (χ0n) is 33.6. The molecule has 1 saturated heterocycles. The Hall–Kier alpha value is -6.39. The number of hydrogen-bond donors (Lipinski definition) is 1. The molecule has 1 aliphatic rings. The Labute approximate surface area is 347 Å². The number of nitrogens with zero attached hydrogens (tertiary/aromatic N) is 6. The first-order valence-electron chi connectivity index (χ1n) is 19.3. The molecule has 12 nitrogen and oxygen atoms in total. The molecule has 0 spiro atoms. The number of fused-ring (bicyclic) bond motifs is 2. The van der Waals surface area contributed by atoms with Crippen molar-refractivity contribution in [3.05, 3.63) is 107 Å². The standard InChI is InChI=1S/C45H45ClFN7O5/c1-45(2,3)59-44(55)54-21-20-53(27-32(54)17-19-48)42-35-26-50-40(34-13-7-10-29-11-8-14-36(46)38(29)34)39(47)41(35)51-43(52-42)58-22-18-28-9-6-12-31(23-28)49-25-30-15-16-33(56-4)24-37(30)57-5/h6-16,23-24,26,32,49H,17-18,20-22,25,27H2,1-5H3/t32-/m0/s1. The summed E-state index contributed by atoms with van der Waals surface area (Å²) < 4.78 is 39.7. The minimum absolute atomic E-state index is 0.0191. The number of carbonyl (C=O) groups is 1. The molecule has 1 atom stereocenters. The lowest BCUT2D eigenvalue weighted by Crippen LogP contribution is -2.56. The molecule has 14 heteroatoms. The van der Waals surface area contributed by atoms with Crippen LogP contribution < -0.4 is 24.4 Å². The number of benzene rings is 4. The highest BCUT2D eigenvalue weighted by molar-refractivity contribution is 6.36. The van der Waals surface area contributed by atoms with E-state index in [-0.39, 0.29) is 43.3 Å². The van der Waals surface area contributed by atoms with Gasteiger partial charge < -0.3 is 34.1 Å². The largest absolute Gasteiger partial charge is 0.497 e.